The molecule has 0 saturated heterocycles. The summed E-state index contributed by atoms with van der Waals surface area (Å²) in [5, 5.41) is 9.25. The van der Waals surface area contributed by atoms with E-state index in [9.17, 15) is 14.3 Å². The van der Waals surface area contributed by atoms with Gasteiger partial charge in [0.2, 0.25) is 0 Å². The fourth-order valence-corrected chi connectivity index (χ4v) is 2.00. The molecule has 1 N–H and O–H groups in total. The minimum atomic E-state index is -0.881. The molecule has 19 heavy (non-hydrogen) atoms. The van der Waals surface area contributed by atoms with Gasteiger partial charge in [0, 0.05) is 6.20 Å². The van der Waals surface area contributed by atoms with Gasteiger partial charge in [-0.3, -0.25) is 9.78 Å². The van der Waals surface area contributed by atoms with E-state index in [0.29, 0.717) is 12.0 Å². The van der Waals surface area contributed by atoms with Crippen LogP contribution < -0.4 is 0 Å². The SMILES string of the molecule is O=C(O)C(Cc1ccccc1)Cc1cncc(F)c1. The number of benzene rings is 1. The van der Waals surface area contributed by atoms with Crippen LogP contribution in [0, 0.1) is 11.7 Å². The normalized spacial score (nSPS) is 12.1. The van der Waals surface area contributed by atoms with E-state index in [1.165, 1.54) is 12.3 Å². The third-order valence-corrected chi connectivity index (χ3v) is 2.92. The number of aromatic nitrogens is 1. The number of hydrogen-bond acceptors (Lipinski definition) is 2. The average molecular weight is 259 g/mol. The summed E-state index contributed by atoms with van der Waals surface area (Å²) in [6, 6.07) is 10.7. The zero-order valence-corrected chi connectivity index (χ0v) is 10.3. The average Bonchev–Trinajstić information content (AvgIpc) is 2.39. The van der Waals surface area contributed by atoms with E-state index in [-0.39, 0.29) is 6.42 Å². The van der Waals surface area contributed by atoms with Gasteiger partial charge in [-0.2, -0.15) is 0 Å². The van der Waals surface area contributed by atoms with Crippen molar-refractivity contribution in [1.29, 1.82) is 0 Å². The molecule has 2 aromatic rings. The van der Waals surface area contributed by atoms with Crippen LogP contribution in [0.3, 0.4) is 0 Å². The van der Waals surface area contributed by atoms with E-state index < -0.39 is 17.7 Å². The second-order valence-electron chi connectivity index (χ2n) is 4.44. The first kappa shape index (κ1) is 13.2. The first-order chi connectivity index (χ1) is 9.15. The van der Waals surface area contributed by atoms with Gasteiger partial charge < -0.3 is 5.11 Å². The van der Waals surface area contributed by atoms with Crippen LogP contribution in [0.5, 0.6) is 0 Å². The Balaban J connectivity index is 2.11. The van der Waals surface area contributed by atoms with Crippen molar-refractivity contribution < 1.29 is 14.3 Å². The molecule has 0 aliphatic carbocycles. The van der Waals surface area contributed by atoms with Crippen LogP contribution in [0.4, 0.5) is 4.39 Å². The summed E-state index contributed by atoms with van der Waals surface area (Å²) in [6.45, 7) is 0. The largest absolute Gasteiger partial charge is 0.481 e. The molecule has 0 saturated carbocycles. The fourth-order valence-electron chi connectivity index (χ4n) is 2.00. The molecule has 0 bridgehead atoms. The van der Waals surface area contributed by atoms with Crippen molar-refractivity contribution in [2.24, 2.45) is 5.92 Å². The van der Waals surface area contributed by atoms with Crippen molar-refractivity contribution in [1.82, 2.24) is 4.98 Å². The Morgan fingerprint density at radius 3 is 2.47 bits per heavy atom. The first-order valence-corrected chi connectivity index (χ1v) is 6.01. The van der Waals surface area contributed by atoms with Crippen LogP contribution in [0.2, 0.25) is 0 Å². The lowest BCUT2D eigenvalue weighted by Gasteiger charge is -2.12. The summed E-state index contributed by atoms with van der Waals surface area (Å²) < 4.78 is 13.0. The highest BCUT2D eigenvalue weighted by Crippen LogP contribution is 2.15. The Labute approximate surface area is 110 Å². The highest BCUT2D eigenvalue weighted by atomic mass is 19.1. The molecule has 1 atom stereocenters. The molecule has 3 nitrogen and oxygen atoms in total. The number of aliphatic carboxylic acids is 1. The number of halogens is 1. The summed E-state index contributed by atoms with van der Waals surface area (Å²) in [6.07, 6.45) is 3.31. The second-order valence-corrected chi connectivity index (χ2v) is 4.44. The molecule has 0 radical (unpaired) electrons. The van der Waals surface area contributed by atoms with Crippen molar-refractivity contribution in [3.63, 3.8) is 0 Å². The van der Waals surface area contributed by atoms with Gasteiger partial charge in [-0.05, 0) is 30.0 Å². The first-order valence-electron chi connectivity index (χ1n) is 6.01. The molecular formula is C15H14FNO2. The molecule has 0 amide bonds. The highest BCUT2D eigenvalue weighted by molar-refractivity contribution is 5.70. The number of hydrogen-bond donors (Lipinski definition) is 1. The molecule has 4 heteroatoms. The van der Waals surface area contributed by atoms with Crippen LogP contribution >= 0.6 is 0 Å². The van der Waals surface area contributed by atoms with E-state index in [2.05, 4.69) is 4.98 Å². The number of carbonyl (C=O) groups is 1. The lowest BCUT2D eigenvalue weighted by Crippen LogP contribution is -2.19. The van der Waals surface area contributed by atoms with Crippen molar-refractivity contribution in [3.8, 4) is 0 Å². The quantitative estimate of drug-likeness (QED) is 0.898. The Morgan fingerprint density at radius 2 is 1.84 bits per heavy atom. The van der Waals surface area contributed by atoms with Gasteiger partial charge in [0.05, 0.1) is 12.1 Å². The summed E-state index contributed by atoms with van der Waals surface area (Å²) in [4.78, 5) is 15.0. The van der Waals surface area contributed by atoms with Crippen LogP contribution in [0.15, 0.2) is 48.8 Å². The van der Waals surface area contributed by atoms with Crippen molar-refractivity contribution in [2.45, 2.75) is 12.8 Å². The van der Waals surface area contributed by atoms with Crippen molar-refractivity contribution in [3.05, 3.63) is 65.7 Å². The van der Waals surface area contributed by atoms with Crippen LogP contribution in [-0.2, 0) is 17.6 Å². The lowest BCUT2D eigenvalue weighted by atomic mass is 9.93. The van der Waals surface area contributed by atoms with Gasteiger partial charge in [0.1, 0.15) is 5.82 Å². The Morgan fingerprint density at radius 1 is 1.16 bits per heavy atom. The Bertz CT molecular complexity index is 557. The van der Waals surface area contributed by atoms with Gasteiger partial charge in [-0.15, -0.1) is 0 Å². The maximum atomic E-state index is 13.0. The van der Waals surface area contributed by atoms with Crippen molar-refractivity contribution in [2.75, 3.05) is 0 Å². The molecule has 1 aromatic heterocycles. The van der Waals surface area contributed by atoms with Crippen LogP contribution in [0.1, 0.15) is 11.1 Å². The zero-order chi connectivity index (χ0) is 13.7. The number of nitrogens with zero attached hydrogens (tertiary/aromatic N) is 1. The minimum Gasteiger partial charge on any atom is -0.481 e. The third-order valence-electron chi connectivity index (χ3n) is 2.92. The molecule has 1 unspecified atom stereocenters. The van der Waals surface area contributed by atoms with Gasteiger partial charge >= 0.3 is 5.97 Å². The number of carboxylic acids is 1. The molecule has 0 fully saturated rings. The van der Waals surface area contributed by atoms with Crippen LogP contribution in [0.25, 0.3) is 0 Å². The standard InChI is InChI=1S/C15H14FNO2/c16-14-8-12(9-17-10-14)7-13(15(18)19)6-11-4-2-1-3-5-11/h1-5,8-10,13H,6-7H2,(H,18,19). The summed E-state index contributed by atoms with van der Waals surface area (Å²) in [5.41, 5.74) is 1.56. The van der Waals surface area contributed by atoms with E-state index in [1.54, 1.807) is 0 Å². The zero-order valence-electron chi connectivity index (χ0n) is 10.3. The summed E-state index contributed by atoms with van der Waals surface area (Å²) in [7, 11) is 0. The smallest absolute Gasteiger partial charge is 0.307 e. The molecule has 98 valence electrons. The predicted octanol–water partition coefficient (Wildman–Crippen LogP) is 2.71. The summed E-state index contributed by atoms with van der Waals surface area (Å²) >= 11 is 0. The second kappa shape index (κ2) is 6.09. The molecule has 0 aliphatic rings. The van der Waals surface area contributed by atoms with E-state index in [4.69, 9.17) is 0 Å². The third kappa shape index (κ3) is 3.88. The molecule has 2 rings (SSSR count). The molecule has 0 spiro atoms. The van der Waals surface area contributed by atoms with Gasteiger partial charge in [0.15, 0.2) is 0 Å². The molecule has 1 heterocycles. The van der Waals surface area contributed by atoms with E-state index in [1.807, 2.05) is 30.3 Å². The van der Waals surface area contributed by atoms with Crippen LogP contribution in [-0.4, -0.2) is 16.1 Å². The minimum absolute atomic E-state index is 0.273. The molecule has 1 aromatic carbocycles. The van der Waals surface area contributed by atoms with Gasteiger partial charge in [-0.1, -0.05) is 30.3 Å². The Kier molecular flexibility index (Phi) is 4.23. The predicted molar refractivity (Wildman–Crippen MR) is 69.2 cm³/mol. The number of carboxylic acid groups (broad SMARTS) is 1. The summed E-state index contributed by atoms with van der Waals surface area (Å²) in [5.74, 6) is -1.90. The van der Waals surface area contributed by atoms with Gasteiger partial charge in [-0.25, -0.2) is 4.39 Å². The molecular weight excluding hydrogens is 245 g/mol. The monoisotopic (exact) mass is 259 g/mol. The van der Waals surface area contributed by atoms with E-state index >= 15 is 0 Å². The lowest BCUT2D eigenvalue weighted by molar-refractivity contribution is -0.141. The highest BCUT2D eigenvalue weighted by Gasteiger charge is 2.18. The Hall–Kier alpha value is -2.23. The number of pyridine rings is 1. The topological polar surface area (TPSA) is 50.2 Å². The number of rotatable bonds is 5. The maximum absolute atomic E-state index is 13.0. The van der Waals surface area contributed by atoms with Gasteiger partial charge in [0.25, 0.3) is 0 Å². The van der Waals surface area contributed by atoms with E-state index in [0.717, 1.165) is 11.8 Å². The maximum Gasteiger partial charge on any atom is 0.307 e. The van der Waals surface area contributed by atoms with Crippen molar-refractivity contribution >= 4 is 5.97 Å². The molecule has 0 aliphatic heterocycles. The fraction of sp³-hybridized carbons (Fsp3) is 0.200.